The summed E-state index contributed by atoms with van der Waals surface area (Å²) in [5.41, 5.74) is 1.24. The van der Waals surface area contributed by atoms with Crippen molar-refractivity contribution in [3.8, 4) is 0 Å². The molecule has 1 aliphatic rings. The zero-order valence-electron chi connectivity index (χ0n) is 12.4. The van der Waals surface area contributed by atoms with Crippen molar-refractivity contribution in [2.24, 2.45) is 0 Å². The highest BCUT2D eigenvalue weighted by Crippen LogP contribution is 2.25. The van der Waals surface area contributed by atoms with Gasteiger partial charge in [-0.1, -0.05) is 20.8 Å². The van der Waals surface area contributed by atoms with E-state index in [0.717, 1.165) is 18.8 Å². The number of ether oxygens (including phenoxy) is 2. The lowest BCUT2D eigenvalue weighted by atomic mass is 9.98. The maximum Gasteiger partial charge on any atom is 0.163 e. The summed E-state index contributed by atoms with van der Waals surface area (Å²) in [6.07, 6.45) is 0.135. The van der Waals surface area contributed by atoms with Crippen LogP contribution in [0.25, 0.3) is 0 Å². The van der Waals surface area contributed by atoms with E-state index in [0.29, 0.717) is 6.61 Å². The molecule has 0 amide bonds. The predicted molar refractivity (Wildman–Crippen MR) is 77.4 cm³/mol. The lowest BCUT2D eigenvalue weighted by Crippen LogP contribution is -2.30. The topological polar surface area (TPSA) is 43.4 Å². The Morgan fingerprint density at radius 1 is 1.47 bits per heavy atom. The highest BCUT2D eigenvalue weighted by atomic mass is 32.1. The zero-order chi connectivity index (χ0) is 14.1. The van der Waals surface area contributed by atoms with Crippen LogP contribution < -0.4 is 5.32 Å². The van der Waals surface area contributed by atoms with Crippen LogP contribution in [0.4, 0.5) is 0 Å². The van der Waals surface area contributed by atoms with Gasteiger partial charge < -0.3 is 14.8 Å². The lowest BCUT2D eigenvalue weighted by Gasteiger charge is -2.17. The maximum atomic E-state index is 5.74. The number of thiazole rings is 1. The molecule has 1 saturated heterocycles. The molecule has 0 bridgehead atoms. The van der Waals surface area contributed by atoms with E-state index in [-0.39, 0.29) is 11.5 Å². The fourth-order valence-electron chi connectivity index (χ4n) is 1.96. The largest absolute Gasteiger partial charge is 0.348 e. The summed E-state index contributed by atoms with van der Waals surface area (Å²) in [7, 11) is 0. The molecule has 1 aromatic heterocycles. The second-order valence-corrected chi connectivity index (χ2v) is 7.33. The Labute approximate surface area is 119 Å². The minimum Gasteiger partial charge on any atom is -0.348 e. The van der Waals surface area contributed by atoms with Gasteiger partial charge in [-0.15, -0.1) is 11.3 Å². The van der Waals surface area contributed by atoms with Crippen molar-refractivity contribution in [2.75, 3.05) is 13.2 Å². The Kier molecular flexibility index (Phi) is 4.30. The van der Waals surface area contributed by atoms with E-state index in [1.807, 2.05) is 13.8 Å². The van der Waals surface area contributed by atoms with Gasteiger partial charge in [0.25, 0.3) is 0 Å². The van der Waals surface area contributed by atoms with Gasteiger partial charge in [-0.25, -0.2) is 4.98 Å². The van der Waals surface area contributed by atoms with Crippen molar-refractivity contribution in [3.63, 3.8) is 0 Å². The Hall–Kier alpha value is -0.490. The lowest BCUT2D eigenvalue weighted by molar-refractivity contribution is -0.137. The van der Waals surface area contributed by atoms with Crippen molar-refractivity contribution in [3.05, 3.63) is 16.1 Å². The van der Waals surface area contributed by atoms with Gasteiger partial charge in [0, 0.05) is 23.9 Å². The third-order valence-corrected chi connectivity index (χ3v) is 4.26. The second-order valence-electron chi connectivity index (χ2n) is 6.48. The SMILES string of the molecule is CC1(C)OCC(CNCc2csc(C(C)(C)C)n2)O1. The van der Waals surface area contributed by atoms with Gasteiger partial charge in [0.2, 0.25) is 0 Å². The molecule has 0 saturated carbocycles. The average Bonchev–Trinajstić information content (AvgIpc) is 2.85. The molecule has 5 heteroatoms. The molecule has 1 atom stereocenters. The fraction of sp³-hybridized carbons (Fsp3) is 0.786. The number of aromatic nitrogens is 1. The van der Waals surface area contributed by atoms with Gasteiger partial charge >= 0.3 is 0 Å². The van der Waals surface area contributed by atoms with Crippen LogP contribution >= 0.6 is 11.3 Å². The summed E-state index contributed by atoms with van der Waals surface area (Å²) >= 11 is 1.73. The van der Waals surface area contributed by atoms with Gasteiger partial charge in [0.1, 0.15) is 0 Å². The molecule has 19 heavy (non-hydrogen) atoms. The summed E-state index contributed by atoms with van der Waals surface area (Å²) in [4.78, 5) is 4.66. The van der Waals surface area contributed by atoms with Crippen LogP contribution in [0.2, 0.25) is 0 Å². The monoisotopic (exact) mass is 284 g/mol. The first-order valence-electron chi connectivity index (χ1n) is 6.74. The molecular weight excluding hydrogens is 260 g/mol. The van der Waals surface area contributed by atoms with E-state index in [9.17, 15) is 0 Å². The summed E-state index contributed by atoms with van der Waals surface area (Å²) in [6, 6.07) is 0. The fourth-order valence-corrected chi connectivity index (χ4v) is 2.86. The molecular formula is C14H24N2O2S. The molecule has 1 unspecified atom stereocenters. The molecule has 4 nitrogen and oxygen atoms in total. The van der Waals surface area contributed by atoms with Gasteiger partial charge in [-0.05, 0) is 13.8 Å². The van der Waals surface area contributed by atoms with Crippen molar-refractivity contribution in [2.45, 2.75) is 58.5 Å². The normalized spacial score (nSPS) is 22.9. The molecule has 1 fully saturated rings. The molecule has 2 rings (SSSR count). The predicted octanol–water partition coefficient (Wildman–Crippen LogP) is 2.68. The van der Waals surface area contributed by atoms with Crippen LogP contribution in [0.1, 0.15) is 45.3 Å². The van der Waals surface area contributed by atoms with E-state index in [4.69, 9.17) is 9.47 Å². The molecule has 108 valence electrons. The highest BCUT2D eigenvalue weighted by Gasteiger charge is 2.32. The van der Waals surface area contributed by atoms with Crippen LogP contribution in [0, 0.1) is 0 Å². The minimum absolute atomic E-state index is 0.134. The number of rotatable bonds is 4. The zero-order valence-corrected chi connectivity index (χ0v) is 13.3. The number of hydrogen-bond acceptors (Lipinski definition) is 5. The summed E-state index contributed by atoms with van der Waals surface area (Å²) in [5.74, 6) is -0.438. The molecule has 0 aromatic carbocycles. The highest BCUT2D eigenvalue weighted by molar-refractivity contribution is 7.09. The molecule has 2 heterocycles. The van der Waals surface area contributed by atoms with Gasteiger partial charge in [-0.2, -0.15) is 0 Å². The number of nitrogens with one attached hydrogen (secondary N) is 1. The van der Waals surface area contributed by atoms with Crippen LogP contribution in [0.5, 0.6) is 0 Å². The van der Waals surface area contributed by atoms with Crippen molar-refractivity contribution < 1.29 is 9.47 Å². The second kappa shape index (κ2) is 5.48. The molecule has 1 N–H and O–H groups in total. The van der Waals surface area contributed by atoms with E-state index < -0.39 is 5.79 Å². The quantitative estimate of drug-likeness (QED) is 0.923. The van der Waals surface area contributed by atoms with Crippen molar-refractivity contribution in [1.82, 2.24) is 10.3 Å². The minimum atomic E-state index is -0.438. The van der Waals surface area contributed by atoms with E-state index in [1.165, 1.54) is 5.01 Å². The molecule has 0 spiro atoms. The molecule has 0 radical (unpaired) electrons. The van der Waals surface area contributed by atoms with Gasteiger partial charge in [0.15, 0.2) is 5.79 Å². The first kappa shape index (κ1) is 14.9. The van der Waals surface area contributed by atoms with Crippen molar-refractivity contribution in [1.29, 1.82) is 0 Å². The molecule has 0 aliphatic carbocycles. The summed E-state index contributed by atoms with van der Waals surface area (Å²) in [6.45, 7) is 12.7. The van der Waals surface area contributed by atoms with Crippen LogP contribution in [0.3, 0.4) is 0 Å². The first-order chi connectivity index (χ1) is 8.76. The van der Waals surface area contributed by atoms with Crippen molar-refractivity contribution >= 4 is 11.3 Å². The Morgan fingerprint density at radius 3 is 2.74 bits per heavy atom. The standard InChI is InChI=1S/C14H24N2O2S/c1-13(2,3)12-16-10(9-19-12)6-15-7-11-8-17-14(4,5)18-11/h9,11,15H,6-8H2,1-5H3. The third kappa shape index (κ3) is 4.24. The van der Waals surface area contributed by atoms with Crippen LogP contribution in [-0.4, -0.2) is 30.0 Å². The van der Waals surface area contributed by atoms with Gasteiger partial charge in [-0.3, -0.25) is 0 Å². The smallest absolute Gasteiger partial charge is 0.163 e. The average molecular weight is 284 g/mol. The Balaban J connectivity index is 1.76. The van der Waals surface area contributed by atoms with E-state index in [1.54, 1.807) is 11.3 Å². The van der Waals surface area contributed by atoms with Crippen LogP contribution in [-0.2, 0) is 21.4 Å². The maximum absolute atomic E-state index is 5.74. The summed E-state index contributed by atoms with van der Waals surface area (Å²) < 4.78 is 11.3. The number of nitrogens with zero attached hydrogens (tertiary/aromatic N) is 1. The van der Waals surface area contributed by atoms with E-state index in [2.05, 4.69) is 36.5 Å². The molecule has 1 aliphatic heterocycles. The number of hydrogen-bond donors (Lipinski definition) is 1. The van der Waals surface area contributed by atoms with E-state index >= 15 is 0 Å². The molecule has 1 aromatic rings. The van der Waals surface area contributed by atoms with Gasteiger partial charge in [0.05, 0.1) is 23.4 Å². The first-order valence-corrected chi connectivity index (χ1v) is 7.62. The third-order valence-electron chi connectivity index (χ3n) is 2.94. The Bertz CT molecular complexity index is 423. The Morgan fingerprint density at radius 2 is 2.21 bits per heavy atom. The summed E-state index contributed by atoms with van der Waals surface area (Å²) in [5, 5.41) is 6.70. The van der Waals surface area contributed by atoms with Crippen LogP contribution in [0.15, 0.2) is 5.38 Å².